The minimum atomic E-state index is -0.458. The molecule has 0 atom stereocenters. The molecular formula is C16H12ClFN2O. The van der Waals surface area contributed by atoms with Crippen molar-refractivity contribution in [2.75, 3.05) is 11.9 Å². The summed E-state index contributed by atoms with van der Waals surface area (Å²) >= 11 is 5.86. The van der Waals surface area contributed by atoms with E-state index in [1.807, 2.05) is 0 Å². The van der Waals surface area contributed by atoms with E-state index in [0.717, 1.165) is 11.6 Å². The lowest BCUT2D eigenvalue weighted by Gasteiger charge is -2.07. The van der Waals surface area contributed by atoms with Gasteiger partial charge in [-0.2, -0.15) is 0 Å². The number of hydrogen-bond acceptors (Lipinski definition) is 2. The molecule has 0 heterocycles. The first-order valence-electron chi connectivity index (χ1n) is 6.15. The van der Waals surface area contributed by atoms with Crippen LogP contribution in [0, 0.1) is 17.7 Å². The summed E-state index contributed by atoms with van der Waals surface area (Å²) in [5.41, 5.74) is 6.87. The Labute approximate surface area is 126 Å². The summed E-state index contributed by atoms with van der Waals surface area (Å²) in [5, 5.41) is 2.77. The molecule has 0 bridgehead atoms. The number of rotatable bonds is 2. The van der Waals surface area contributed by atoms with Gasteiger partial charge in [-0.25, -0.2) is 4.39 Å². The first kappa shape index (κ1) is 15.0. The van der Waals surface area contributed by atoms with Gasteiger partial charge >= 0.3 is 0 Å². The largest absolute Gasteiger partial charge is 0.321 e. The van der Waals surface area contributed by atoms with Crippen LogP contribution in [-0.2, 0) is 0 Å². The number of carbonyl (C=O) groups is 1. The third-order valence-corrected chi connectivity index (χ3v) is 2.97. The maximum absolute atomic E-state index is 12.9. The van der Waals surface area contributed by atoms with E-state index in [1.54, 1.807) is 24.3 Å². The summed E-state index contributed by atoms with van der Waals surface area (Å²) in [5.74, 6) is 4.81. The van der Waals surface area contributed by atoms with Crippen LogP contribution < -0.4 is 11.1 Å². The van der Waals surface area contributed by atoms with Crippen LogP contribution in [0.3, 0.4) is 0 Å². The summed E-state index contributed by atoms with van der Waals surface area (Å²) in [6, 6.07) is 10.5. The molecule has 0 aliphatic rings. The van der Waals surface area contributed by atoms with Crippen molar-refractivity contribution < 1.29 is 9.18 Å². The van der Waals surface area contributed by atoms with Gasteiger partial charge in [0.2, 0.25) is 0 Å². The molecule has 5 heteroatoms. The van der Waals surface area contributed by atoms with Gasteiger partial charge in [-0.15, -0.1) is 0 Å². The summed E-state index contributed by atoms with van der Waals surface area (Å²) < 4.78 is 12.9. The number of nitrogens with two attached hydrogens (primary N) is 1. The Hall–Kier alpha value is -2.35. The van der Waals surface area contributed by atoms with Crippen LogP contribution in [0.1, 0.15) is 15.9 Å². The van der Waals surface area contributed by atoms with Gasteiger partial charge in [0.05, 0.1) is 17.3 Å². The highest BCUT2D eigenvalue weighted by atomic mass is 35.5. The smallest absolute Gasteiger partial charge is 0.255 e. The number of hydrogen-bond donors (Lipinski definition) is 2. The Morgan fingerprint density at radius 1 is 1.24 bits per heavy atom. The fourth-order valence-corrected chi connectivity index (χ4v) is 1.86. The lowest BCUT2D eigenvalue weighted by molar-refractivity contribution is 0.102. The van der Waals surface area contributed by atoms with Gasteiger partial charge in [-0.1, -0.05) is 23.4 Å². The van der Waals surface area contributed by atoms with Crippen molar-refractivity contribution in [2.45, 2.75) is 0 Å². The number of benzene rings is 2. The number of halogens is 2. The van der Waals surface area contributed by atoms with Gasteiger partial charge in [-0.05, 0) is 42.5 Å². The summed E-state index contributed by atoms with van der Waals surface area (Å²) in [4.78, 5) is 12.1. The summed E-state index contributed by atoms with van der Waals surface area (Å²) in [7, 11) is 0. The molecule has 0 radical (unpaired) electrons. The first-order chi connectivity index (χ1) is 10.1. The molecule has 0 aromatic heterocycles. The normalized spacial score (nSPS) is 9.67. The van der Waals surface area contributed by atoms with Gasteiger partial charge < -0.3 is 11.1 Å². The third-order valence-electron chi connectivity index (χ3n) is 2.66. The van der Waals surface area contributed by atoms with Gasteiger partial charge in [-0.3, -0.25) is 4.79 Å². The monoisotopic (exact) mass is 302 g/mol. The Kier molecular flexibility index (Phi) is 4.94. The van der Waals surface area contributed by atoms with Gasteiger partial charge in [0.15, 0.2) is 0 Å². The average molecular weight is 303 g/mol. The van der Waals surface area contributed by atoms with Gasteiger partial charge in [0.1, 0.15) is 5.82 Å². The Morgan fingerprint density at radius 2 is 1.95 bits per heavy atom. The van der Waals surface area contributed by atoms with Crippen molar-refractivity contribution in [2.24, 2.45) is 5.73 Å². The van der Waals surface area contributed by atoms with Crippen molar-refractivity contribution >= 4 is 23.2 Å². The second-order valence-electron chi connectivity index (χ2n) is 4.16. The molecular weight excluding hydrogens is 291 g/mol. The van der Waals surface area contributed by atoms with Crippen molar-refractivity contribution in [3.63, 3.8) is 0 Å². The number of nitrogens with one attached hydrogen (secondary N) is 1. The van der Waals surface area contributed by atoms with E-state index in [2.05, 4.69) is 17.2 Å². The number of amides is 1. The second kappa shape index (κ2) is 6.89. The molecule has 0 fully saturated rings. The molecule has 0 unspecified atom stereocenters. The predicted octanol–water partition coefficient (Wildman–Crippen LogP) is 3.04. The topological polar surface area (TPSA) is 55.1 Å². The van der Waals surface area contributed by atoms with Crippen LogP contribution in [0.4, 0.5) is 10.1 Å². The lowest BCUT2D eigenvalue weighted by Crippen LogP contribution is -2.12. The van der Waals surface area contributed by atoms with Crippen molar-refractivity contribution in [3.8, 4) is 11.8 Å². The van der Waals surface area contributed by atoms with Crippen LogP contribution in [0.25, 0.3) is 0 Å². The Balaban J connectivity index is 2.13. The molecule has 2 rings (SSSR count). The second-order valence-corrected chi connectivity index (χ2v) is 4.57. The van der Waals surface area contributed by atoms with Crippen molar-refractivity contribution in [1.82, 2.24) is 0 Å². The minimum absolute atomic E-state index is 0.147. The fourth-order valence-electron chi connectivity index (χ4n) is 1.64. The average Bonchev–Trinajstić information content (AvgIpc) is 2.48. The van der Waals surface area contributed by atoms with Gasteiger partial charge in [0, 0.05) is 11.1 Å². The highest BCUT2D eigenvalue weighted by molar-refractivity contribution is 6.33. The van der Waals surface area contributed by atoms with Crippen LogP contribution in [0.2, 0.25) is 5.02 Å². The van der Waals surface area contributed by atoms with Gasteiger partial charge in [0.25, 0.3) is 5.91 Å². The number of carbonyl (C=O) groups excluding carboxylic acids is 1. The van der Waals surface area contributed by atoms with E-state index in [9.17, 15) is 9.18 Å². The molecule has 106 valence electrons. The van der Waals surface area contributed by atoms with E-state index in [4.69, 9.17) is 17.3 Å². The molecule has 0 aliphatic heterocycles. The molecule has 3 N–H and O–H groups in total. The Bertz CT molecular complexity index is 717. The zero-order valence-electron chi connectivity index (χ0n) is 11.0. The molecule has 0 aliphatic carbocycles. The van der Waals surface area contributed by atoms with E-state index in [0.29, 0.717) is 11.3 Å². The van der Waals surface area contributed by atoms with E-state index in [-0.39, 0.29) is 17.5 Å². The van der Waals surface area contributed by atoms with E-state index in [1.165, 1.54) is 12.1 Å². The fraction of sp³-hybridized carbons (Fsp3) is 0.0625. The maximum Gasteiger partial charge on any atom is 0.255 e. The quantitative estimate of drug-likeness (QED) is 0.838. The number of anilines is 1. The van der Waals surface area contributed by atoms with E-state index >= 15 is 0 Å². The Morgan fingerprint density at radius 3 is 2.57 bits per heavy atom. The maximum atomic E-state index is 12.9. The molecule has 3 nitrogen and oxygen atoms in total. The third kappa shape index (κ3) is 4.06. The molecule has 21 heavy (non-hydrogen) atoms. The first-order valence-corrected chi connectivity index (χ1v) is 6.53. The molecule has 2 aromatic rings. The summed E-state index contributed by atoms with van der Waals surface area (Å²) in [6.07, 6.45) is 0. The predicted molar refractivity (Wildman–Crippen MR) is 81.7 cm³/mol. The van der Waals surface area contributed by atoms with E-state index < -0.39 is 5.82 Å². The van der Waals surface area contributed by atoms with Crippen molar-refractivity contribution in [1.29, 1.82) is 0 Å². The standard InChI is InChI=1S/C16H12ClFN2O/c17-14-10-13(18)7-8-15(14)20-16(21)12-5-3-11(4-6-12)2-1-9-19/h3-8,10H,9,19H2,(H,20,21). The SMILES string of the molecule is NCC#Cc1ccc(C(=O)Nc2ccc(F)cc2Cl)cc1. The molecule has 2 aromatic carbocycles. The molecule has 0 spiro atoms. The lowest BCUT2D eigenvalue weighted by atomic mass is 10.1. The van der Waals surface area contributed by atoms with Crippen LogP contribution >= 0.6 is 11.6 Å². The summed E-state index contributed by atoms with van der Waals surface area (Å²) in [6.45, 7) is 0.283. The van der Waals surface area contributed by atoms with Crippen LogP contribution in [-0.4, -0.2) is 12.5 Å². The zero-order valence-corrected chi connectivity index (χ0v) is 11.7. The molecule has 0 saturated heterocycles. The highest BCUT2D eigenvalue weighted by Crippen LogP contribution is 2.23. The zero-order chi connectivity index (χ0) is 15.2. The van der Waals surface area contributed by atoms with Crippen LogP contribution in [0.5, 0.6) is 0 Å². The van der Waals surface area contributed by atoms with Crippen LogP contribution in [0.15, 0.2) is 42.5 Å². The molecule has 1 amide bonds. The van der Waals surface area contributed by atoms with Crippen molar-refractivity contribution in [3.05, 3.63) is 64.4 Å². The highest BCUT2D eigenvalue weighted by Gasteiger charge is 2.08. The molecule has 0 saturated carbocycles. The minimum Gasteiger partial charge on any atom is -0.321 e.